The fourth-order valence-electron chi connectivity index (χ4n) is 4.97. The van der Waals surface area contributed by atoms with Crippen LogP contribution >= 0.6 is 0 Å². The summed E-state index contributed by atoms with van der Waals surface area (Å²) in [6, 6.07) is 3.79. The van der Waals surface area contributed by atoms with Crippen molar-refractivity contribution >= 4 is 22.5 Å². The number of nitrogens with one attached hydrogen (secondary N) is 2. The first-order chi connectivity index (χ1) is 15.6. The van der Waals surface area contributed by atoms with Gasteiger partial charge in [0.1, 0.15) is 11.3 Å². The van der Waals surface area contributed by atoms with Crippen LogP contribution in [-0.2, 0) is 17.7 Å². The van der Waals surface area contributed by atoms with Gasteiger partial charge in [0.25, 0.3) is 11.5 Å². The molecule has 9 heteroatoms. The number of carbonyl (C=O) groups excluding carboxylic acids is 1. The molecule has 0 atom stereocenters. The van der Waals surface area contributed by atoms with Gasteiger partial charge in [-0.05, 0) is 37.5 Å². The van der Waals surface area contributed by atoms with E-state index in [1.165, 1.54) is 0 Å². The molecule has 4 aromatic rings. The van der Waals surface area contributed by atoms with Crippen molar-refractivity contribution in [2.24, 2.45) is 0 Å². The van der Waals surface area contributed by atoms with Crippen molar-refractivity contribution in [3.05, 3.63) is 63.3 Å². The number of aryl methyl sites for hydroxylation is 1. The van der Waals surface area contributed by atoms with Crippen LogP contribution in [0.5, 0.6) is 0 Å². The summed E-state index contributed by atoms with van der Waals surface area (Å²) in [5, 5.41) is 0. The van der Waals surface area contributed by atoms with Crippen molar-refractivity contribution < 1.29 is 9.53 Å². The standard InChI is InChI=1S/C23H24N6O3/c1-13-8-19-17(9-15(13)23(31)28-5-2-16-18(11-28)26-12-25-16)27-22(30)20-10-24-21(29(19)20)14-3-6-32-7-4-14/h8-10,12,14H,2-7,11H2,1H3,(H,25,26)(H,27,30). The zero-order valence-corrected chi connectivity index (χ0v) is 17.9. The lowest BCUT2D eigenvalue weighted by atomic mass is 9.99. The lowest BCUT2D eigenvalue weighted by Crippen LogP contribution is -2.36. The first kappa shape index (κ1) is 19.2. The van der Waals surface area contributed by atoms with E-state index in [1.54, 1.807) is 12.5 Å². The summed E-state index contributed by atoms with van der Waals surface area (Å²) in [5.41, 5.74) is 5.30. The van der Waals surface area contributed by atoms with Gasteiger partial charge in [0.2, 0.25) is 0 Å². The summed E-state index contributed by atoms with van der Waals surface area (Å²) >= 11 is 0. The maximum Gasteiger partial charge on any atom is 0.274 e. The third kappa shape index (κ3) is 2.96. The van der Waals surface area contributed by atoms with Gasteiger partial charge in [-0.25, -0.2) is 9.97 Å². The van der Waals surface area contributed by atoms with E-state index in [-0.39, 0.29) is 17.4 Å². The molecule has 0 aliphatic carbocycles. The molecule has 0 bridgehead atoms. The number of aromatic amines is 2. The van der Waals surface area contributed by atoms with Gasteiger partial charge in [-0.1, -0.05) is 0 Å². The molecule has 164 valence electrons. The molecule has 9 nitrogen and oxygen atoms in total. The summed E-state index contributed by atoms with van der Waals surface area (Å²) in [6.07, 6.45) is 5.85. The molecular formula is C23H24N6O3. The maximum atomic E-state index is 13.4. The number of hydrogen-bond donors (Lipinski definition) is 2. The largest absolute Gasteiger partial charge is 0.381 e. The van der Waals surface area contributed by atoms with E-state index < -0.39 is 0 Å². The summed E-state index contributed by atoms with van der Waals surface area (Å²) in [4.78, 5) is 43.0. The highest BCUT2D eigenvalue weighted by atomic mass is 16.5. The number of H-pyrrole nitrogens is 2. The van der Waals surface area contributed by atoms with Crippen molar-refractivity contribution in [3.63, 3.8) is 0 Å². The Morgan fingerprint density at radius 3 is 2.88 bits per heavy atom. The Kier molecular flexibility index (Phi) is 4.39. The molecule has 0 unspecified atom stereocenters. The number of rotatable bonds is 2. The highest BCUT2D eigenvalue weighted by Crippen LogP contribution is 2.29. The Labute approximate surface area is 183 Å². The number of nitrogens with zero attached hydrogens (tertiary/aromatic N) is 4. The van der Waals surface area contributed by atoms with Crippen molar-refractivity contribution in [1.82, 2.24) is 29.2 Å². The molecule has 0 saturated carbocycles. The van der Waals surface area contributed by atoms with Crippen LogP contribution in [0.15, 0.2) is 29.5 Å². The van der Waals surface area contributed by atoms with Crippen molar-refractivity contribution in [2.45, 2.75) is 38.6 Å². The Morgan fingerprint density at radius 2 is 2.03 bits per heavy atom. The fraction of sp³-hybridized carbons (Fsp3) is 0.391. The highest BCUT2D eigenvalue weighted by molar-refractivity contribution is 5.99. The number of amides is 1. The van der Waals surface area contributed by atoms with Crippen LogP contribution in [0.3, 0.4) is 0 Å². The predicted octanol–water partition coefficient (Wildman–Crippen LogP) is 2.30. The molecule has 3 aromatic heterocycles. The van der Waals surface area contributed by atoms with Gasteiger partial charge >= 0.3 is 0 Å². The number of hydrogen-bond acceptors (Lipinski definition) is 5. The van der Waals surface area contributed by atoms with E-state index in [0.717, 1.165) is 47.6 Å². The normalized spacial score (nSPS) is 17.2. The lowest BCUT2D eigenvalue weighted by Gasteiger charge is -2.27. The quantitative estimate of drug-likeness (QED) is 0.505. The molecule has 2 N–H and O–H groups in total. The fourth-order valence-corrected chi connectivity index (χ4v) is 4.97. The lowest BCUT2D eigenvalue weighted by molar-refractivity contribution is 0.0731. The smallest absolute Gasteiger partial charge is 0.274 e. The number of carbonyl (C=O) groups is 1. The molecule has 2 aliphatic heterocycles. The molecule has 1 fully saturated rings. The minimum atomic E-state index is -0.204. The zero-order valence-electron chi connectivity index (χ0n) is 17.9. The Morgan fingerprint density at radius 1 is 1.19 bits per heavy atom. The van der Waals surface area contributed by atoms with Crippen molar-refractivity contribution in [3.8, 4) is 0 Å². The van der Waals surface area contributed by atoms with Gasteiger partial charge in [0.05, 0.1) is 35.8 Å². The summed E-state index contributed by atoms with van der Waals surface area (Å²) in [5.74, 6) is 1.09. The van der Waals surface area contributed by atoms with Gasteiger partial charge in [-0.3, -0.25) is 14.0 Å². The van der Waals surface area contributed by atoms with Crippen LogP contribution < -0.4 is 5.56 Å². The van der Waals surface area contributed by atoms with Crippen molar-refractivity contribution in [1.29, 1.82) is 0 Å². The van der Waals surface area contributed by atoms with Crippen LogP contribution in [0.2, 0.25) is 0 Å². The third-order valence-electron chi connectivity index (χ3n) is 6.74. The average Bonchev–Trinajstić information content (AvgIpc) is 3.47. The monoisotopic (exact) mass is 432 g/mol. The summed E-state index contributed by atoms with van der Waals surface area (Å²) < 4.78 is 7.46. The van der Waals surface area contributed by atoms with Gasteiger partial charge in [-0.2, -0.15) is 0 Å². The number of ether oxygens (including phenoxy) is 1. The summed E-state index contributed by atoms with van der Waals surface area (Å²) in [6.45, 7) is 4.47. The maximum absolute atomic E-state index is 13.4. The Balaban J connectivity index is 1.45. The number of benzene rings is 1. The molecule has 6 rings (SSSR count). The van der Waals surface area contributed by atoms with E-state index in [2.05, 4.69) is 19.9 Å². The SMILES string of the molecule is Cc1cc2c(cc1C(=O)N1CCc3[nH]cnc3C1)[nH]c(=O)c1cnc(C3CCOCC3)n12. The highest BCUT2D eigenvalue weighted by Gasteiger charge is 2.26. The second-order valence-corrected chi connectivity index (χ2v) is 8.67. The molecule has 0 radical (unpaired) electrons. The summed E-state index contributed by atoms with van der Waals surface area (Å²) in [7, 11) is 0. The molecule has 0 spiro atoms. The molecule has 5 heterocycles. The molecule has 1 amide bonds. The minimum absolute atomic E-state index is 0.0470. The van der Waals surface area contributed by atoms with Gasteiger partial charge in [0.15, 0.2) is 0 Å². The molecular weight excluding hydrogens is 408 g/mol. The van der Waals surface area contributed by atoms with E-state index in [9.17, 15) is 9.59 Å². The van der Waals surface area contributed by atoms with Crippen LogP contribution in [0.25, 0.3) is 16.6 Å². The zero-order chi connectivity index (χ0) is 21.8. The molecule has 32 heavy (non-hydrogen) atoms. The van der Waals surface area contributed by atoms with Gasteiger partial charge < -0.3 is 19.6 Å². The molecule has 1 saturated heterocycles. The minimum Gasteiger partial charge on any atom is -0.381 e. The van der Waals surface area contributed by atoms with E-state index >= 15 is 0 Å². The Hall–Kier alpha value is -3.46. The van der Waals surface area contributed by atoms with E-state index in [1.807, 2.05) is 28.4 Å². The molecule has 1 aromatic carbocycles. The molecule has 2 aliphatic rings. The first-order valence-electron chi connectivity index (χ1n) is 11.0. The second kappa shape index (κ2) is 7.30. The second-order valence-electron chi connectivity index (χ2n) is 8.67. The van der Waals surface area contributed by atoms with Gasteiger partial charge in [-0.15, -0.1) is 0 Å². The predicted molar refractivity (Wildman–Crippen MR) is 118 cm³/mol. The first-order valence-corrected chi connectivity index (χ1v) is 11.0. The number of fused-ring (bicyclic) bond motifs is 4. The van der Waals surface area contributed by atoms with Crippen LogP contribution in [0.1, 0.15) is 51.9 Å². The van der Waals surface area contributed by atoms with E-state index in [0.29, 0.717) is 42.9 Å². The average molecular weight is 432 g/mol. The van der Waals surface area contributed by atoms with Gasteiger partial charge in [0, 0.05) is 43.4 Å². The number of aromatic nitrogens is 5. The van der Waals surface area contributed by atoms with Crippen LogP contribution in [-0.4, -0.2) is 54.9 Å². The topological polar surface area (TPSA) is 108 Å². The van der Waals surface area contributed by atoms with Crippen molar-refractivity contribution in [2.75, 3.05) is 19.8 Å². The van der Waals surface area contributed by atoms with Crippen LogP contribution in [0.4, 0.5) is 0 Å². The van der Waals surface area contributed by atoms with Crippen LogP contribution in [0, 0.1) is 6.92 Å². The Bertz CT molecular complexity index is 1410. The number of imidazole rings is 2. The van der Waals surface area contributed by atoms with E-state index in [4.69, 9.17) is 4.74 Å². The third-order valence-corrected chi connectivity index (χ3v) is 6.74.